The molecule has 2 aromatic rings. The smallest absolute Gasteiger partial charge is 0.426 e. The highest BCUT2D eigenvalue weighted by molar-refractivity contribution is 7.90. The van der Waals surface area contributed by atoms with Gasteiger partial charge in [-0.05, 0) is 30.7 Å². The standard InChI is InChI=1S/C20H18F3NO7S/c1-19(27,20(21,22)23)18(26)24-12-5-4-6-14-16(12)17(25)15-10(9-32(14,28)29)7-11(30-2)8-13(15)31-3/h4-8,27H,9H2,1-3H3,(H,24,26). The number of halogens is 3. The molecular formula is C20H18F3NO7S. The van der Waals surface area contributed by atoms with E-state index in [2.05, 4.69) is 0 Å². The van der Waals surface area contributed by atoms with Gasteiger partial charge in [-0.3, -0.25) is 9.59 Å². The number of methoxy groups -OCH3 is 2. The van der Waals surface area contributed by atoms with Crippen LogP contribution in [0.3, 0.4) is 0 Å². The number of anilines is 1. The molecule has 172 valence electrons. The fraction of sp³-hybridized carbons (Fsp3) is 0.300. The van der Waals surface area contributed by atoms with E-state index in [1.807, 2.05) is 5.32 Å². The molecule has 1 heterocycles. The van der Waals surface area contributed by atoms with Gasteiger partial charge in [-0.25, -0.2) is 8.42 Å². The van der Waals surface area contributed by atoms with Gasteiger partial charge >= 0.3 is 6.18 Å². The highest BCUT2D eigenvalue weighted by Gasteiger charge is 2.56. The summed E-state index contributed by atoms with van der Waals surface area (Å²) >= 11 is 0. The molecule has 0 aliphatic carbocycles. The third-order valence-electron chi connectivity index (χ3n) is 5.02. The predicted molar refractivity (Wildman–Crippen MR) is 106 cm³/mol. The van der Waals surface area contributed by atoms with Crippen LogP contribution in [0.5, 0.6) is 11.5 Å². The average molecular weight is 473 g/mol. The lowest BCUT2D eigenvalue weighted by molar-refractivity contribution is -0.242. The van der Waals surface area contributed by atoms with Gasteiger partial charge < -0.3 is 19.9 Å². The molecular weight excluding hydrogens is 455 g/mol. The molecule has 3 rings (SSSR count). The topological polar surface area (TPSA) is 119 Å². The van der Waals surface area contributed by atoms with E-state index in [0.717, 1.165) is 18.2 Å². The molecule has 32 heavy (non-hydrogen) atoms. The molecule has 0 spiro atoms. The Balaban J connectivity index is 2.25. The van der Waals surface area contributed by atoms with Crippen LogP contribution in [-0.4, -0.2) is 51.2 Å². The average Bonchev–Trinajstić information content (AvgIpc) is 2.79. The molecule has 2 N–H and O–H groups in total. The maximum atomic E-state index is 13.4. The second kappa shape index (κ2) is 7.78. The summed E-state index contributed by atoms with van der Waals surface area (Å²) in [4.78, 5) is 25.1. The summed E-state index contributed by atoms with van der Waals surface area (Å²) in [6.45, 7) is 0.243. The Morgan fingerprint density at radius 2 is 1.78 bits per heavy atom. The van der Waals surface area contributed by atoms with Crippen molar-refractivity contribution in [2.45, 2.75) is 29.3 Å². The number of benzene rings is 2. The molecule has 1 aliphatic heterocycles. The maximum Gasteiger partial charge on any atom is 0.426 e. The van der Waals surface area contributed by atoms with Gasteiger partial charge in [0.05, 0.1) is 41.7 Å². The second-order valence-corrected chi connectivity index (χ2v) is 9.11. The van der Waals surface area contributed by atoms with Gasteiger partial charge in [-0.1, -0.05) is 6.07 Å². The first kappa shape index (κ1) is 23.5. The lowest BCUT2D eigenvalue weighted by Crippen LogP contribution is -2.52. The number of carbonyl (C=O) groups excluding carboxylic acids is 2. The van der Waals surface area contributed by atoms with Gasteiger partial charge in [-0.2, -0.15) is 13.2 Å². The van der Waals surface area contributed by atoms with E-state index < -0.39 is 55.2 Å². The van der Waals surface area contributed by atoms with E-state index >= 15 is 0 Å². The molecule has 0 bridgehead atoms. The number of hydrogen-bond donors (Lipinski definition) is 2. The van der Waals surface area contributed by atoms with E-state index in [1.165, 1.54) is 26.4 Å². The number of hydrogen-bond acceptors (Lipinski definition) is 7. The number of ether oxygens (including phenoxy) is 2. The van der Waals surface area contributed by atoms with Crippen LogP contribution in [-0.2, 0) is 20.4 Å². The predicted octanol–water partition coefficient (Wildman–Crippen LogP) is 2.47. The molecule has 0 saturated carbocycles. The van der Waals surface area contributed by atoms with Crippen LogP contribution in [0.25, 0.3) is 0 Å². The molecule has 0 aromatic heterocycles. The summed E-state index contributed by atoms with van der Waals surface area (Å²) in [5, 5.41) is 11.5. The number of rotatable bonds is 4. The van der Waals surface area contributed by atoms with Crippen molar-refractivity contribution >= 4 is 27.2 Å². The monoisotopic (exact) mass is 473 g/mol. The minimum atomic E-state index is -5.31. The SMILES string of the molecule is COc1cc2c(c(OC)c1)C(=O)c1c(NC(=O)C(C)(O)C(F)(F)F)cccc1S(=O)(=O)C2. The number of sulfone groups is 1. The Kier molecular flexibility index (Phi) is 5.72. The number of carbonyl (C=O) groups is 2. The number of alkyl halides is 3. The Morgan fingerprint density at radius 1 is 1.12 bits per heavy atom. The quantitative estimate of drug-likeness (QED) is 0.700. The summed E-state index contributed by atoms with van der Waals surface area (Å²) in [5.41, 5.74) is -4.91. The zero-order valence-electron chi connectivity index (χ0n) is 17.0. The van der Waals surface area contributed by atoms with Crippen molar-refractivity contribution in [1.29, 1.82) is 0 Å². The molecule has 0 fully saturated rings. The molecule has 1 unspecified atom stereocenters. The third kappa shape index (κ3) is 3.79. The van der Waals surface area contributed by atoms with Crippen molar-refractivity contribution in [2.75, 3.05) is 19.5 Å². The fourth-order valence-electron chi connectivity index (χ4n) is 3.20. The Bertz CT molecular complexity index is 1220. The summed E-state index contributed by atoms with van der Waals surface area (Å²) in [6, 6.07) is 6.03. The molecule has 2 aromatic carbocycles. The minimum Gasteiger partial charge on any atom is -0.497 e. The first-order valence-electron chi connectivity index (χ1n) is 9.00. The van der Waals surface area contributed by atoms with Crippen LogP contribution in [0.15, 0.2) is 35.2 Å². The zero-order valence-corrected chi connectivity index (χ0v) is 17.8. The van der Waals surface area contributed by atoms with Crippen molar-refractivity contribution in [3.8, 4) is 11.5 Å². The van der Waals surface area contributed by atoms with Crippen LogP contribution in [0, 0.1) is 0 Å². The van der Waals surface area contributed by atoms with Gasteiger partial charge in [0.25, 0.3) is 5.91 Å². The molecule has 1 atom stereocenters. The number of ketones is 1. The Morgan fingerprint density at radius 3 is 2.34 bits per heavy atom. The zero-order chi connectivity index (χ0) is 24.1. The van der Waals surface area contributed by atoms with Crippen LogP contribution < -0.4 is 14.8 Å². The van der Waals surface area contributed by atoms with Crippen LogP contribution in [0.4, 0.5) is 18.9 Å². The van der Waals surface area contributed by atoms with E-state index in [0.29, 0.717) is 0 Å². The molecule has 12 heteroatoms. The van der Waals surface area contributed by atoms with Gasteiger partial charge in [0.2, 0.25) is 5.60 Å². The highest BCUT2D eigenvalue weighted by Crippen LogP contribution is 2.40. The molecule has 1 aliphatic rings. The fourth-order valence-corrected chi connectivity index (χ4v) is 4.80. The second-order valence-electron chi connectivity index (χ2n) is 7.15. The summed E-state index contributed by atoms with van der Waals surface area (Å²) in [5.74, 6) is -3.18. The van der Waals surface area contributed by atoms with Gasteiger partial charge in [0, 0.05) is 6.07 Å². The van der Waals surface area contributed by atoms with Gasteiger partial charge in [0.15, 0.2) is 15.6 Å². The third-order valence-corrected chi connectivity index (χ3v) is 6.72. The number of aliphatic hydroxyl groups is 1. The molecule has 0 saturated heterocycles. The molecule has 8 nitrogen and oxygen atoms in total. The van der Waals surface area contributed by atoms with Gasteiger partial charge in [-0.15, -0.1) is 0 Å². The normalized spacial score (nSPS) is 16.8. The maximum absolute atomic E-state index is 13.4. The largest absolute Gasteiger partial charge is 0.497 e. The molecule has 1 amide bonds. The van der Waals surface area contributed by atoms with Crippen molar-refractivity contribution in [1.82, 2.24) is 0 Å². The summed E-state index contributed by atoms with van der Waals surface area (Å²) in [6.07, 6.45) is -5.31. The van der Waals surface area contributed by atoms with E-state index in [4.69, 9.17) is 9.47 Å². The van der Waals surface area contributed by atoms with E-state index in [9.17, 15) is 36.3 Å². The van der Waals surface area contributed by atoms with Crippen LogP contribution in [0.2, 0.25) is 0 Å². The van der Waals surface area contributed by atoms with Crippen molar-refractivity contribution in [3.05, 3.63) is 47.0 Å². The number of nitrogens with one attached hydrogen (secondary N) is 1. The minimum absolute atomic E-state index is 0.0178. The first-order chi connectivity index (χ1) is 14.7. The van der Waals surface area contributed by atoms with E-state index in [1.54, 1.807) is 0 Å². The molecule has 0 radical (unpaired) electrons. The first-order valence-corrected chi connectivity index (χ1v) is 10.7. The van der Waals surface area contributed by atoms with Crippen LogP contribution >= 0.6 is 0 Å². The number of amides is 1. The van der Waals surface area contributed by atoms with Crippen molar-refractivity contribution in [3.63, 3.8) is 0 Å². The summed E-state index contributed by atoms with van der Waals surface area (Å²) < 4.78 is 75.5. The lowest BCUT2D eigenvalue weighted by atomic mass is 9.96. The van der Waals surface area contributed by atoms with E-state index in [-0.39, 0.29) is 29.5 Å². The van der Waals surface area contributed by atoms with Crippen molar-refractivity contribution < 1.29 is 45.8 Å². The van der Waals surface area contributed by atoms with Crippen molar-refractivity contribution in [2.24, 2.45) is 0 Å². The summed E-state index contributed by atoms with van der Waals surface area (Å²) in [7, 11) is -1.58. The Labute approximate surface area is 180 Å². The lowest BCUT2D eigenvalue weighted by Gasteiger charge is -2.25. The van der Waals surface area contributed by atoms with Gasteiger partial charge in [0.1, 0.15) is 11.5 Å². The van der Waals surface area contributed by atoms with Crippen LogP contribution in [0.1, 0.15) is 28.4 Å². The number of fused-ring (bicyclic) bond motifs is 2. The highest BCUT2D eigenvalue weighted by atomic mass is 32.2. The Hall–Kier alpha value is -3.12.